The summed E-state index contributed by atoms with van der Waals surface area (Å²) in [5, 5.41) is 8.11. The second-order valence-corrected chi connectivity index (χ2v) is 6.95. The van der Waals surface area contributed by atoms with Gasteiger partial charge in [0.05, 0.1) is 11.3 Å². The summed E-state index contributed by atoms with van der Waals surface area (Å²) < 4.78 is -1.62. The summed E-state index contributed by atoms with van der Waals surface area (Å²) in [4.78, 5) is 10.8. The van der Waals surface area contributed by atoms with E-state index in [1.807, 2.05) is 13.8 Å². The molecule has 82 valence electrons. The molecule has 0 amide bonds. The van der Waals surface area contributed by atoms with Gasteiger partial charge in [-0.05, 0) is 11.3 Å². The highest BCUT2D eigenvalue weighted by Gasteiger charge is 2.67. The molecule has 0 bridgehead atoms. The van der Waals surface area contributed by atoms with Crippen LogP contribution in [-0.4, -0.2) is 20.2 Å². The van der Waals surface area contributed by atoms with Crippen LogP contribution in [0.1, 0.15) is 13.8 Å². The predicted octanol–water partition coefficient (Wildman–Crippen LogP) is 3.32. The van der Waals surface area contributed by atoms with Crippen LogP contribution < -0.4 is 0 Å². The molecule has 0 aromatic rings. The number of rotatable bonds is 2. The maximum absolute atomic E-state index is 10.8. The Morgan fingerprint density at radius 3 is 2.07 bits per heavy atom. The fourth-order valence-corrected chi connectivity index (χ4v) is 2.78. The number of alkyl halides is 4. The lowest BCUT2D eigenvalue weighted by Crippen LogP contribution is -2.24. The van der Waals surface area contributed by atoms with Crippen LogP contribution in [0.5, 0.6) is 0 Å². The number of hydrogen-bond donors (Lipinski definition) is 1. The van der Waals surface area contributed by atoms with Gasteiger partial charge in [0.2, 0.25) is 3.79 Å². The van der Waals surface area contributed by atoms with E-state index in [4.69, 9.17) is 51.5 Å². The van der Waals surface area contributed by atoms with Gasteiger partial charge >= 0.3 is 5.97 Å². The van der Waals surface area contributed by atoms with E-state index < -0.39 is 26.5 Å². The quantitative estimate of drug-likeness (QED) is 0.788. The summed E-state index contributed by atoms with van der Waals surface area (Å²) in [6.45, 7) is 3.62. The summed E-state index contributed by atoms with van der Waals surface area (Å²) in [6.07, 6.45) is 0. The summed E-state index contributed by atoms with van der Waals surface area (Å²) in [7, 11) is 0. The molecule has 1 aliphatic rings. The maximum Gasteiger partial charge on any atom is 0.307 e. The molecule has 1 N–H and O–H groups in total. The zero-order valence-electron chi connectivity index (χ0n) is 7.60. The Morgan fingerprint density at radius 1 is 1.43 bits per heavy atom. The largest absolute Gasteiger partial charge is 0.481 e. The second-order valence-electron chi connectivity index (χ2n) is 4.11. The molecule has 1 unspecified atom stereocenters. The average Bonchev–Trinajstić information content (AvgIpc) is 2.49. The van der Waals surface area contributed by atoms with Gasteiger partial charge in [-0.15, -0.1) is 11.6 Å². The minimum absolute atomic E-state index is 0.297. The van der Waals surface area contributed by atoms with Gasteiger partial charge in [0.25, 0.3) is 0 Å². The van der Waals surface area contributed by atoms with Crippen molar-refractivity contribution in [2.24, 2.45) is 17.3 Å². The molecule has 2 nitrogen and oxygen atoms in total. The highest BCUT2D eigenvalue weighted by Crippen LogP contribution is 2.64. The Balaban J connectivity index is 2.79. The molecule has 0 heterocycles. The standard InChI is InChI=1S/C8H10Cl4O2/c1-7(2)3(4(7)6(13)14)5(9)8(10,11)12/h3-5H,1-2H3,(H,13,14)/t3-,4-,5?/m1/s1. The molecule has 0 saturated heterocycles. The number of hydrogen-bond acceptors (Lipinski definition) is 1. The minimum atomic E-state index is -1.62. The lowest BCUT2D eigenvalue weighted by atomic mass is 10.1. The fourth-order valence-electron chi connectivity index (χ4n) is 1.90. The number of carbonyl (C=O) groups is 1. The van der Waals surface area contributed by atoms with Crippen molar-refractivity contribution in [2.45, 2.75) is 23.0 Å². The van der Waals surface area contributed by atoms with Crippen LogP contribution in [0.15, 0.2) is 0 Å². The zero-order chi connectivity index (χ0) is 11.3. The molecule has 1 rings (SSSR count). The average molecular weight is 280 g/mol. The lowest BCUT2D eigenvalue weighted by Gasteiger charge is -2.18. The van der Waals surface area contributed by atoms with Crippen LogP contribution in [0.4, 0.5) is 0 Å². The van der Waals surface area contributed by atoms with Crippen LogP contribution in [0.3, 0.4) is 0 Å². The third kappa shape index (κ3) is 2.08. The van der Waals surface area contributed by atoms with E-state index in [0.29, 0.717) is 0 Å². The summed E-state index contributed by atoms with van der Waals surface area (Å²) in [6, 6.07) is 0. The van der Waals surface area contributed by atoms with E-state index in [9.17, 15) is 4.79 Å². The number of aliphatic carboxylic acids is 1. The van der Waals surface area contributed by atoms with E-state index in [0.717, 1.165) is 0 Å². The molecular formula is C8H10Cl4O2. The van der Waals surface area contributed by atoms with Crippen LogP contribution in [0.2, 0.25) is 0 Å². The zero-order valence-corrected chi connectivity index (χ0v) is 10.6. The van der Waals surface area contributed by atoms with Crippen LogP contribution in [-0.2, 0) is 4.79 Å². The van der Waals surface area contributed by atoms with Crippen LogP contribution in [0.25, 0.3) is 0 Å². The fraction of sp³-hybridized carbons (Fsp3) is 0.875. The first-order valence-electron chi connectivity index (χ1n) is 4.03. The molecule has 0 aromatic heterocycles. The van der Waals surface area contributed by atoms with Gasteiger partial charge in [-0.1, -0.05) is 48.7 Å². The first kappa shape index (κ1) is 12.7. The van der Waals surface area contributed by atoms with Gasteiger partial charge in [0.1, 0.15) is 0 Å². The number of halogens is 4. The molecule has 1 saturated carbocycles. The van der Waals surface area contributed by atoms with Crippen molar-refractivity contribution in [1.29, 1.82) is 0 Å². The van der Waals surface area contributed by atoms with E-state index in [1.54, 1.807) is 0 Å². The van der Waals surface area contributed by atoms with Crippen molar-refractivity contribution in [1.82, 2.24) is 0 Å². The number of carboxylic acid groups (broad SMARTS) is 1. The Kier molecular flexibility index (Phi) is 3.25. The molecule has 3 atom stereocenters. The van der Waals surface area contributed by atoms with E-state index in [-0.39, 0.29) is 5.92 Å². The Labute approximate surface area is 102 Å². The third-order valence-corrected chi connectivity index (χ3v) is 4.44. The molecule has 0 aromatic carbocycles. The van der Waals surface area contributed by atoms with Crippen molar-refractivity contribution in [3.05, 3.63) is 0 Å². The molecule has 0 radical (unpaired) electrons. The van der Waals surface area contributed by atoms with E-state index in [1.165, 1.54) is 0 Å². The van der Waals surface area contributed by atoms with Gasteiger partial charge < -0.3 is 5.11 Å². The van der Waals surface area contributed by atoms with Gasteiger partial charge in [0, 0.05) is 0 Å². The summed E-state index contributed by atoms with van der Waals surface area (Å²) in [5.41, 5.74) is -0.401. The number of carboxylic acids is 1. The second kappa shape index (κ2) is 3.58. The Bertz CT molecular complexity index is 259. The minimum Gasteiger partial charge on any atom is -0.481 e. The normalized spacial score (nSPS) is 32.4. The molecule has 14 heavy (non-hydrogen) atoms. The van der Waals surface area contributed by atoms with Crippen molar-refractivity contribution in [2.75, 3.05) is 0 Å². The summed E-state index contributed by atoms with van der Waals surface area (Å²) >= 11 is 22.8. The molecular weight excluding hydrogens is 270 g/mol. The van der Waals surface area contributed by atoms with Gasteiger partial charge in [-0.3, -0.25) is 4.79 Å². The van der Waals surface area contributed by atoms with Crippen molar-refractivity contribution in [3.63, 3.8) is 0 Å². The first-order valence-corrected chi connectivity index (χ1v) is 5.60. The van der Waals surface area contributed by atoms with Gasteiger partial charge in [-0.2, -0.15) is 0 Å². The summed E-state index contributed by atoms with van der Waals surface area (Å²) in [5.74, 6) is -1.71. The predicted molar refractivity (Wildman–Crippen MR) is 58.3 cm³/mol. The monoisotopic (exact) mass is 278 g/mol. The molecule has 1 fully saturated rings. The van der Waals surface area contributed by atoms with Crippen LogP contribution >= 0.6 is 46.4 Å². The lowest BCUT2D eigenvalue weighted by molar-refractivity contribution is -0.139. The first-order chi connectivity index (χ1) is 6.10. The van der Waals surface area contributed by atoms with Crippen molar-refractivity contribution >= 4 is 52.4 Å². The van der Waals surface area contributed by atoms with Crippen LogP contribution in [0, 0.1) is 17.3 Å². The van der Waals surface area contributed by atoms with Gasteiger partial charge in [0.15, 0.2) is 0 Å². The Hall–Kier alpha value is 0.630. The molecule has 0 spiro atoms. The van der Waals surface area contributed by atoms with Gasteiger partial charge in [-0.25, -0.2) is 0 Å². The maximum atomic E-state index is 10.8. The topological polar surface area (TPSA) is 37.3 Å². The van der Waals surface area contributed by atoms with E-state index >= 15 is 0 Å². The Morgan fingerprint density at radius 2 is 1.86 bits per heavy atom. The highest BCUT2D eigenvalue weighted by molar-refractivity contribution is 6.70. The smallest absolute Gasteiger partial charge is 0.307 e. The SMILES string of the molecule is CC1(C)[C@@H](C(=O)O)[C@@H]1C(Cl)C(Cl)(Cl)Cl. The highest BCUT2D eigenvalue weighted by atomic mass is 35.6. The van der Waals surface area contributed by atoms with E-state index in [2.05, 4.69) is 0 Å². The molecule has 0 aliphatic heterocycles. The van der Waals surface area contributed by atoms with Crippen molar-refractivity contribution < 1.29 is 9.90 Å². The van der Waals surface area contributed by atoms with Crippen molar-refractivity contribution in [3.8, 4) is 0 Å². The molecule has 1 aliphatic carbocycles. The third-order valence-electron chi connectivity index (χ3n) is 2.80. The molecule has 6 heteroatoms.